The molecule has 3 aromatic carbocycles. The summed E-state index contributed by atoms with van der Waals surface area (Å²) in [5, 5.41) is 27.3. The quantitative estimate of drug-likeness (QED) is 0.249. The van der Waals surface area contributed by atoms with Crippen LogP contribution in [-0.2, 0) is 0 Å². The number of carbonyl (C=O) groups is 1. The molecule has 170 valence electrons. The van der Waals surface area contributed by atoms with E-state index in [1.54, 1.807) is 12.1 Å². The maximum absolute atomic E-state index is 13.1. The molecule has 9 heteroatoms. The number of amides is 1. The van der Waals surface area contributed by atoms with Crippen molar-refractivity contribution in [1.29, 1.82) is 0 Å². The van der Waals surface area contributed by atoms with Crippen LogP contribution in [-0.4, -0.2) is 21.0 Å². The first-order chi connectivity index (χ1) is 17.1. The second-order valence-electron chi connectivity index (χ2n) is 8.04. The summed E-state index contributed by atoms with van der Waals surface area (Å²) < 4.78 is 0. The Morgan fingerprint density at radius 3 is 2.14 bits per heavy atom. The number of non-ortho nitro benzene ring substituents is 1. The van der Waals surface area contributed by atoms with Gasteiger partial charge < -0.3 is 10.6 Å². The summed E-state index contributed by atoms with van der Waals surface area (Å²) in [5.41, 5.74) is 4.89. The lowest BCUT2D eigenvalue weighted by molar-refractivity contribution is -0.384. The highest BCUT2D eigenvalue weighted by molar-refractivity contribution is 7.21. The van der Waals surface area contributed by atoms with Gasteiger partial charge in [0.05, 0.1) is 10.6 Å². The monoisotopic (exact) mass is 479 g/mol. The van der Waals surface area contributed by atoms with Gasteiger partial charge >= 0.3 is 0 Å². The zero-order chi connectivity index (χ0) is 23.9. The van der Waals surface area contributed by atoms with Crippen LogP contribution in [0.25, 0.3) is 32.6 Å². The molecule has 6 rings (SSSR count). The third-order valence-electron chi connectivity index (χ3n) is 5.93. The number of nitro benzene ring substituents is 1. The largest absolute Gasteiger partial charge is 0.360 e. The van der Waals surface area contributed by atoms with Crippen LogP contribution in [0.2, 0.25) is 0 Å². The Morgan fingerprint density at radius 2 is 1.49 bits per heavy atom. The van der Waals surface area contributed by atoms with E-state index < -0.39 is 11.1 Å². The minimum absolute atomic E-state index is 0.00769. The van der Waals surface area contributed by atoms with Gasteiger partial charge in [0.15, 0.2) is 0 Å². The number of benzene rings is 3. The summed E-state index contributed by atoms with van der Waals surface area (Å²) >= 11 is 1.29. The van der Waals surface area contributed by atoms with Gasteiger partial charge in [0.1, 0.15) is 21.6 Å². The zero-order valence-corrected chi connectivity index (χ0v) is 19.0. The minimum atomic E-state index is -0.550. The van der Waals surface area contributed by atoms with Crippen molar-refractivity contribution < 1.29 is 9.72 Å². The van der Waals surface area contributed by atoms with Gasteiger partial charge in [-0.3, -0.25) is 14.9 Å². The summed E-state index contributed by atoms with van der Waals surface area (Å²) in [7, 11) is 0. The van der Waals surface area contributed by atoms with E-state index in [1.807, 2.05) is 60.7 Å². The van der Waals surface area contributed by atoms with Crippen LogP contribution in [0.15, 0.2) is 84.9 Å². The number of aromatic nitrogens is 2. The van der Waals surface area contributed by atoms with Gasteiger partial charge in [0.25, 0.3) is 11.6 Å². The molecule has 0 radical (unpaired) electrons. The lowest BCUT2D eigenvalue weighted by atomic mass is 9.96. The molecule has 2 N–H and O–H groups in total. The molecule has 0 saturated carbocycles. The van der Waals surface area contributed by atoms with Gasteiger partial charge in [-0.1, -0.05) is 60.7 Å². The molecule has 5 aromatic rings. The summed E-state index contributed by atoms with van der Waals surface area (Å²) in [6, 6.07) is 25.9. The molecule has 1 amide bonds. The maximum Gasteiger partial charge on any atom is 0.269 e. The van der Waals surface area contributed by atoms with E-state index in [1.165, 1.54) is 23.5 Å². The Morgan fingerprint density at radius 1 is 0.829 bits per heavy atom. The van der Waals surface area contributed by atoms with Crippen molar-refractivity contribution in [1.82, 2.24) is 15.5 Å². The molecule has 0 aliphatic carbocycles. The lowest BCUT2D eigenvalue weighted by Crippen LogP contribution is -2.37. The highest BCUT2D eigenvalue weighted by Crippen LogP contribution is 2.46. The third-order valence-corrected chi connectivity index (χ3v) is 7.01. The van der Waals surface area contributed by atoms with E-state index in [0.717, 1.165) is 27.8 Å². The van der Waals surface area contributed by atoms with E-state index in [-0.39, 0.29) is 11.6 Å². The van der Waals surface area contributed by atoms with Crippen LogP contribution in [0, 0.1) is 10.1 Å². The molecule has 0 bridgehead atoms. The Labute approximate surface area is 203 Å². The van der Waals surface area contributed by atoms with Crippen molar-refractivity contribution in [2.45, 2.75) is 6.17 Å². The minimum Gasteiger partial charge on any atom is -0.360 e. The summed E-state index contributed by atoms with van der Waals surface area (Å²) in [4.78, 5) is 24.9. The van der Waals surface area contributed by atoms with Crippen LogP contribution in [0.4, 0.5) is 11.4 Å². The van der Waals surface area contributed by atoms with Gasteiger partial charge in [-0.2, -0.15) is 0 Å². The Balaban J connectivity index is 1.56. The molecule has 1 unspecified atom stereocenters. The van der Waals surface area contributed by atoms with Crippen LogP contribution < -0.4 is 10.6 Å². The van der Waals surface area contributed by atoms with E-state index in [2.05, 4.69) is 20.8 Å². The first kappa shape index (κ1) is 20.9. The average molecular weight is 480 g/mol. The SMILES string of the molecule is O=C1NC(c2ccc([N+](=O)[O-])cc2)Nc2c1sc1nnc(-c3ccccc3)c(-c3ccccc3)c21. The number of fused-ring (bicyclic) bond motifs is 3. The maximum atomic E-state index is 13.1. The first-order valence-corrected chi connectivity index (χ1v) is 11.7. The Hall–Kier alpha value is -4.63. The summed E-state index contributed by atoms with van der Waals surface area (Å²) in [6.45, 7) is 0. The zero-order valence-electron chi connectivity index (χ0n) is 18.1. The number of nitrogens with zero attached hydrogens (tertiary/aromatic N) is 3. The molecule has 2 aromatic heterocycles. The van der Waals surface area contributed by atoms with Gasteiger partial charge in [-0.25, -0.2) is 0 Å². The van der Waals surface area contributed by atoms with Gasteiger partial charge in [0.2, 0.25) is 0 Å². The smallest absolute Gasteiger partial charge is 0.269 e. The normalized spacial score (nSPS) is 14.7. The van der Waals surface area contributed by atoms with Crippen molar-refractivity contribution in [2.75, 3.05) is 5.32 Å². The molecular weight excluding hydrogens is 462 g/mol. The second kappa shape index (κ2) is 8.30. The molecule has 1 atom stereocenters. The lowest BCUT2D eigenvalue weighted by Gasteiger charge is -2.26. The van der Waals surface area contributed by atoms with Crippen molar-refractivity contribution >= 4 is 38.8 Å². The van der Waals surface area contributed by atoms with Crippen LogP contribution in [0.1, 0.15) is 21.4 Å². The highest BCUT2D eigenvalue weighted by atomic mass is 32.1. The van der Waals surface area contributed by atoms with Gasteiger partial charge in [-0.05, 0) is 23.3 Å². The summed E-state index contributed by atoms with van der Waals surface area (Å²) in [5.74, 6) is -0.231. The molecule has 35 heavy (non-hydrogen) atoms. The standard InChI is InChI=1S/C26H17N5O3S/c32-25-23-22(27-24(28-25)17-11-13-18(14-12-17)31(33)34)20-19(15-7-3-1-4-8-15)21(29-30-26(20)35-23)16-9-5-2-6-10-16/h1-14,24,27H,(H,28,32). The Kier molecular flexibility index (Phi) is 4.97. The first-order valence-electron chi connectivity index (χ1n) is 10.9. The van der Waals surface area contributed by atoms with Gasteiger partial charge in [0, 0.05) is 28.6 Å². The van der Waals surface area contributed by atoms with Crippen molar-refractivity contribution in [3.8, 4) is 22.4 Å². The second-order valence-corrected chi connectivity index (χ2v) is 9.04. The molecular formula is C26H17N5O3S. The molecule has 8 nitrogen and oxygen atoms in total. The van der Waals surface area contributed by atoms with Crippen LogP contribution in [0.3, 0.4) is 0 Å². The van der Waals surface area contributed by atoms with Crippen LogP contribution in [0.5, 0.6) is 0 Å². The molecule has 1 aliphatic rings. The van der Waals surface area contributed by atoms with Crippen molar-refractivity contribution in [2.24, 2.45) is 0 Å². The number of nitro groups is 1. The molecule has 3 heterocycles. The Bertz CT molecular complexity index is 1580. The number of thiophene rings is 1. The van der Waals surface area contributed by atoms with Crippen molar-refractivity contribution in [3.63, 3.8) is 0 Å². The van der Waals surface area contributed by atoms with E-state index in [4.69, 9.17) is 0 Å². The fourth-order valence-corrected chi connectivity index (χ4v) is 5.30. The van der Waals surface area contributed by atoms with E-state index in [9.17, 15) is 14.9 Å². The molecule has 0 fully saturated rings. The molecule has 0 spiro atoms. The fourth-order valence-electron chi connectivity index (χ4n) is 4.30. The van der Waals surface area contributed by atoms with E-state index in [0.29, 0.717) is 21.0 Å². The molecule has 1 aliphatic heterocycles. The number of anilines is 1. The van der Waals surface area contributed by atoms with Crippen molar-refractivity contribution in [3.05, 3.63) is 105 Å². The topological polar surface area (TPSA) is 110 Å². The average Bonchev–Trinajstić information content (AvgIpc) is 3.28. The number of hydrogen-bond donors (Lipinski definition) is 2. The number of carbonyl (C=O) groups excluding carboxylic acids is 1. The number of hydrogen-bond acceptors (Lipinski definition) is 7. The third kappa shape index (κ3) is 3.58. The highest BCUT2D eigenvalue weighted by Gasteiger charge is 2.32. The van der Waals surface area contributed by atoms with Crippen LogP contribution >= 0.6 is 11.3 Å². The van der Waals surface area contributed by atoms with E-state index >= 15 is 0 Å². The number of nitrogens with one attached hydrogen (secondary N) is 2. The summed E-state index contributed by atoms with van der Waals surface area (Å²) in [6.07, 6.45) is -0.550. The van der Waals surface area contributed by atoms with Gasteiger partial charge in [-0.15, -0.1) is 21.5 Å². The fraction of sp³-hybridized carbons (Fsp3) is 0.0385. The predicted octanol–water partition coefficient (Wildman–Crippen LogP) is 5.79. The number of rotatable bonds is 4. The molecule has 0 saturated heterocycles. The predicted molar refractivity (Wildman–Crippen MR) is 135 cm³/mol.